The van der Waals surface area contributed by atoms with Gasteiger partial charge in [-0.25, -0.2) is 5.90 Å². The highest BCUT2D eigenvalue weighted by atomic mass is 16.6. The van der Waals surface area contributed by atoms with Crippen LogP contribution in [0.15, 0.2) is 0 Å². The zero-order chi connectivity index (χ0) is 9.40. The minimum absolute atomic E-state index is 0.00579. The summed E-state index contributed by atoms with van der Waals surface area (Å²) in [6.45, 7) is 1.63. The van der Waals surface area contributed by atoms with Crippen LogP contribution in [0.4, 0.5) is 0 Å². The van der Waals surface area contributed by atoms with Crippen molar-refractivity contribution < 1.29 is 19.5 Å². The molecule has 0 aliphatic heterocycles. The maximum Gasteiger partial charge on any atom is 0.305 e. The van der Waals surface area contributed by atoms with Crippen LogP contribution in [0, 0.1) is 0 Å². The summed E-state index contributed by atoms with van der Waals surface area (Å²) < 4.78 is 4.72. The molecule has 0 spiro atoms. The van der Waals surface area contributed by atoms with E-state index in [-0.39, 0.29) is 19.2 Å². The Kier molecular flexibility index (Phi) is 6.64. The molecule has 1 unspecified atom stereocenters. The van der Waals surface area contributed by atoms with E-state index < -0.39 is 6.10 Å². The quantitative estimate of drug-likeness (QED) is 0.425. The molecule has 0 saturated carbocycles. The number of hydrogen-bond acceptors (Lipinski definition) is 5. The molecule has 0 amide bonds. The number of hydrogen-bond donors (Lipinski definition) is 2. The Labute approximate surface area is 71.4 Å². The van der Waals surface area contributed by atoms with Crippen molar-refractivity contribution >= 4 is 5.97 Å². The first kappa shape index (κ1) is 11.4. The monoisotopic (exact) mass is 177 g/mol. The lowest BCUT2D eigenvalue weighted by molar-refractivity contribution is -0.149. The number of carbonyl (C=O) groups is 1. The van der Waals surface area contributed by atoms with Gasteiger partial charge >= 0.3 is 5.97 Å². The van der Waals surface area contributed by atoms with Crippen molar-refractivity contribution in [2.75, 3.05) is 13.2 Å². The average molecular weight is 177 g/mol. The van der Waals surface area contributed by atoms with Gasteiger partial charge < -0.3 is 9.84 Å². The Balaban J connectivity index is 3.44. The lowest BCUT2D eigenvalue weighted by Gasteiger charge is -2.11. The van der Waals surface area contributed by atoms with E-state index in [2.05, 4.69) is 4.84 Å². The number of esters is 1. The van der Waals surface area contributed by atoms with Crippen LogP contribution in [0.3, 0.4) is 0 Å². The van der Waals surface area contributed by atoms with Gasteiger partial charge in [0.1, 0.15) is 12.7 Å². The van der Waals surface area contributed by atoms with E-state index >= 15 is 0 Å². The lowest BCUT2D eigenvalue weighted by Crippen LogP contribution is -2.28. The molecule has 3 N–H and O–H groups in total. The molecular weight excluding hydrogens is 162 g/mol. The third kappa shape index (κ3) is 5.06. The van der Waals surface area contributed by atoms with Crippen molar-refractivity contribution in [2.24, 2.45) is 5.90 Å². The molecule has 72 valence electrons. The van der Waals surface area contributed by atoms with Crippen molar-refractivity contribution in [3.63, 3.8) is 0 Å². The molecule has 1 atom stereocenters. The van der Waals surface area contributed by atoms with Crippen LogP contribution in [-0.2, 0) is 14.4 Å². The minimum atomic E-state index is -0.620. The number of ether oxygens (including phenoxy) is 1. The van der Waals surface area contributed by atoms with E-state index in [1.54, 1.807) is 0 Å². The van der Waals surface area contributed by atoms with Crippen LogP contribution < -0.4 is 5.90 Å². The van der Waals surface area contributed by atoms with Crippen molar-refractivity contribution in [2.45, 2.75) is 25.9 Å². The topological polar surface area (TPSA) is 81.8 Å². The predicted octanol–water partition coefficient (Wildman–Crippen LogP) is -0.419. The van der Waals surface area contributed by atoms with E-state index in [0.717, 1.165) is 6.42 Å². The minimum Gasteiger partial charge on any atom is -0.463 e. The van der Waals surface area contributed by atoms with Gasteiger partial charge in [0.2, 0.25) is 0 Å². The van der Waals surface area contributed by atoms with Gasteiger partial charge in [-0.15, -0.1) is 0 Å². The van der Waals surface area contributed by atoms with E-state index in [4.69, 9.17) is 15.7 Å². The summed E-state index contributed by atoms with van der Waals surface area (Å²) >= 11 is 0. The lowest BCUT2D eigenvalue weighted by atomic mass is 10.3. The van der Waals surface area contributed by atoms with Crippen molar-refractivity contribution in [1.29, 1.82) is 0 Å². The summed E-state index contributed by atoms with van der Waals surface area (Å²) in [6.07, 6.45) is 0.500. The number of rotatable bonds is 6. The van der Waals surface area contributed by atoms with Crippen LogP contribution >= 0.6 is 0 Å². The van der Waals surface area contributed by atoms with E-state index in [1.165, 1.54) is 0 Å². The molecule has 0 aliphatic carbocycles. The summed E-state index contributed by atoms with van der Waals surface area (Å²) in [5, 5.41) is 8.57. The van der Waals surface area contributed by atoms with E-state index in [9.17, 15) is 4.79 Å². The van der Waals surface area contributed by atoms with E-state index in [1.807, 2.05) is 6.92 Å². The maximum absolute atomic E-state index is 10.8. The fourth-order valence-corrected chi connectivity index (χ4v) is 0.597. The molecule has 5 nitrogen and oxygen atoms in total. The van der Waals surface area contributed by atoms with Crippen LogP contribution in [-0.4, -0.2) is 30.4 Å². The zero-order valence-electron chi connectivity index (χ0n) is 7.16. The summed E-state index contributed by atoms with van der Waals surface area (Å²) in [7, 11) is 0. The molecule has 0 aromatic carbocycles. The smallest absolute Gasteiger partial charge is 0.305 e. The molecule has 0 radical (unpaired) electrons. The molecule has 0 saturated heterocycles. The summed E-state index contributed by atoms with van der Waals surface area (Å²) in [5.74, 6) is 4.49. The second-order valence-corrected chi connectivity index (χ2v) is 2.37. The van der Waals surface area contributed by atoms with Crippen molar-refractivity contribution in [3.05, 3.63) is 0 Å². The van der Waals surface area contributed by atoms with Gasteiger partial charge in [-0.05, 0) is 6.42 Å². The predicted molar refractivity (Wildman–Crippen MR) is 42.0 cm³/mol. The Hall–Kier alpha value is -0.650. The standard InChI is InChI=1S/C7H15NO4/c1-2-3-7(10)11-5-6(4-9)12-8/h6,9H,2-5,8H2,1H3. The Morgan fingerprint density at radius 2 is 2.33 bits per heavy atom. The van der Waals surface area contributed by atoms with Crippen LogP contribution in [0.2, 0.25) is 0 Å². The molecule has 5 heteroatoms. The van der Waals surface area contributed by atoms with Crippen LogP contribution in [0.25, 0.3) is 0 Å². The molecule has 0 bridgehead atoms. The van der Waals surface area contributed by atoms with Gasteiger partial charge in [0, 0.05) is 6.42 Å². The molecule has 0 aromatic rings. The van der Waals surface area contributed by atoms with Gasteiger partial charge in [0.15, 0.2) is 0 Å². The molecule has 0 aromatic heterocycles. The normalized spacial score (nSPS) is 12.6. The molecule has 0 aliphatic rings. The second kappa shape index (κ2) is 7.02. The van der Waals surface area contributed by atoms with Gasteiger partial charge in [0.25, 0.3) is 0 Å². The largest absolute Gasteiger partial charge is 0.463 e. The first-order valence-electron chi connectivity index (χ1n) is 3.86. The fourth-order valence-electron chi connectivity index (χ4n) is 0.597. The molecule has 12 heavy (non-hydrogen) atoms. The van der Waals surface area contributed by atoms with Crippen LogP contribution in [0.1, 0.15) is 19.8 Å². The molecule has 0 rings (SSSR count). The number of aliphatic hydroxyl groups excluding tert-OH is 1. The number of aliphatic hydroxyl groups is 1. The van der Waals surface area contributed by atoms with Crippen molar-refractivity contribution in [3.8, 4) is 0 Å². The first-order valence-corrected chi connectivity index (χ1v) is 3.86. The SMILES string of the molecule is CCCC(=O)OCC(CO)ON. The highest BCUT2D eigenvalue weighted by Gasteiger charge is 2.09. The first-order chi connectivity index (χ1) is 5.74. The number of carbonyl (C=O) groups excluding carboxylic acids is 1. The fraction of sp³-hybridized carbons (Fsp3) is 0.857. The molecular formula is C7H15NO4. The summed E-state index contributed by atoms with van der Waals surface area (Å²) in [4.78, 5) is 15.1. The van der Waals surface area contributed by atoms with Crippen molar-refractivity contribution in [1.82, 2.24) is 0 Å². The summed E-state index contributed by atoms with van der Waals surface area (Å²) in [6, 6.07) is 0. The van der Waals surface area contributed by atoms with Gasteiger partial charge in [-0.2, -0.15) is 0 Å². The van der Waals surface area contributed by atoms with Crippen LogP contribution in [0.5, 0.6) is 0 Å². The number of nitrogens with two attached hydrogens (primary N) is 1. The Morgan fingerprint density at radius 1 is 1.67 bits per heavy atom. The maximum atomic E-state index is 10.8. The average Bonchev–Trinajstić information content (AvgIpc) is 2.07. The summed E-state index contributed by atoms with van der Waals surface area (Å²) in [5.41, 5.74) is 0. The Morgan fingerprint density at radius 3 is 2.75 bits per heavy atom. The second-order valence-electron chi connectivity index (χ2n) is 2.37. The molecule has 0 fully saturated rings. The van der Waals surface area contributed by atoms with Gasteiger partial charge in [0.05, 0.1) is 6.61 Å². The highest BCUT2D eigenvalue weighted by molar-refractivity contribution is 5.69. The molecule has 0 heterocycles. The zero-order valence-corrected chi connectivity index (χ0v) is 7.16. The third-order valence-corrected chi connectivity index (χ3v) is 1.28. The van der Waals surface area contributed by atoms with Gasteiger partial charge in [-0.3, -0.25) is 9.63 Å². The van der Waals surface area contributed by atoms with E-state index in [0.29, 0.717) is 6.42 Å². The third-order valence-electron chi connectivity index (χ3n) is 1.28. The van der Waals surface area contributed by atoms with Gasteiger partial charge in [-0.1, -0.05) is 6.92 Å². The Bertz CT molecular complexity index is 125. The highest BCUT2D eigenvalue weighted by Crippen LogP contribution is 1.94.